The number of fused-ring (bicyclic) bond motifs is 1. The highest BCUT2D eigenvalue weighted by atomic mass is 32.2. The van der Waals surface area contributed by atoms with Crippen LogP contribution >= 0.6 is 23.1 Å². The summed E-state index contributed by atoms with van der Waals surface area (Å²) in [5.74, 6) is -0.454. The van der Waals surface area contributed by atoms with E-state index < -0.39 is 12.0 Å². The lowest BCUT2D eigenvalue weighted by molar-refractivity contribution is -0.139. The molecule has 1 aliphatic rings. The van der Waals surface area contributed by atoms with Gasteiger partial charge in [0.1, 0.15) is 0 Å². The lowest BCUT2D eigenvalue weighted by atomic mass is 9.96. The summed E-state index contributed by atoms with van der Waals surface area (Å²) in [6.45, 7) is 3.80. The second-order valence-electron chi connectivity index (χ2n) is 6.86. The highest BCUT2D eigenvalue weighted by molar-refractivity contribution is 7.98. The minimum atomic E-state index is -0.595. The Morgan fingerprint density at radius 2 is 2.06 bits per heavy atom. The summed E-state index contributed by atoms with van der Waals surface area (Å²) >= 11 is 2.94. The molecule has 2 aromatic heterocycles. The highest BCUT2D eigenvalue weighted by Crippen LogP contribution is 2.31. The number of aromatic nitrogens is 2. The average molecular weight is 452 g/mol. The summed E-state index contributed by atoms with van der Waals surface area (Å²) in [5.41, 5.74) is 2.42. The molecule has 0 saturated heterocycles. The van der Waals surface area contributed by atoms with Crippen LogP contribution in [0.15, 0.2) is 74.7 Å². The average Bonchev–Trinajstić information content (AvgIpc) is 3.08. The molecule has 8 heteroatoms. The number of carbonyl (C=O) groups is 1. The number of benzene rings is 1. The fraction of sp³-hybridized carbons (Fsp3) is 0.217. The van der Waals surface area contributed by atoms with Crippen LogP contribution < -0.4 is 14.9 Å². The van der Waals surface area contributed by atoms with Crippen LogP contribution in [0.5, 0.6) is 0 Å². The summed E-state index contributed by atoms with van der Waals surface area (Å²) in [5, 5.41) is 0. The van der Waals surface area contributed by atoms with Crippen molar-refractivity contribution in [3.8, 4) is 0 Å². The first-order valence-corrected chi connectivity index (χ1v) is 11.8. The lowest BCUT2D eigenvalue weighted by Gasteiger charge is -2.24. The van der Waals surface area contributed by atoms with Crippen molar-refractivity contribution in [1.29, 1.82) is 0 Å². The van der Waals surface area contributed by atoms with Crippen molar-refractivity contribution in [2.45, 2.75) is 24.8 Å². The van der Waals surface area contributed by atoms with Crippen molar-refractivity contribution in [3.05, 3.63) is 90.9 Å². The van der Waals surface area contributed by atoms with Crippen LogP contribution in [-0.2, 0) is 9.53 Å². The van der Waals surface area contributed by atoms with Gasteiger partial charge < -0.3 is 4.74 Å². The third kappa shape index (κ3) is 4.13. The molecule has 158 valence electrons. The minimum absolute atomic E-state index is 0.194. The van der Waals surface area contributed by atoms with E-state index in [0.29, 0.717) is 20.6 Å². The van der Waals surface area contributed by atoms with Gasteiger partial charge in [-0.1, -0.05) is 29.5 Å². The standard InChI is InChI=1S/C23H21N3O3S2/c1-4-29-22(28)19-14(2)25-23-26(20(19)16-7-9-17(30-3)10-8-16)21(27)18(31-23)12-15-6-5-11-24-13-15/h5-13,20H,4H2,1-3H3/t20-/m1/s1. The van der Waals surface area contributed by atoms with Gasteiger partial charge in [-0.05, 0) is 55.5 Å². The van der Waals surface area contributed by atoms with Gasteiger partial charge in [0.05, 0.1) is 28.5 Å². The van der Waals surface area contributed by atoms with E-state index in [4.69, 9.17) is 4.74 Å². The van der Waals surface area contributed by atoms with Gasteiger partial charge in [0.15, 0.2) is 4.80 Å². The zero-order valence-electron chi connectivity index (χ0n) is 17.4. The van der Waals surface area contributed by atoms with E-state index in [9.17, 15) is 9.59 Å². The number of allylic oxidation sites excluding steroid dienone is 1. The number of hydrogen-bond acceptors (Lipinski definition) is 7. The second kappa shape index (κ2) is 9.03. The molecule has 0 radical (unpaired) electrons. The number of thioether (sulfide) groups is 1. The molecule has 1 atom stereocenters. The number of ether oxygens (including phenoxy) is 1. The lowest BCUT2D eigenvalue weighted by Crippen LogP contribution is -2.39. The predicted molar refractivity (Wildman–Crippen MR) is 123 cm³/mol. The molecule has 0 bridgehead atoms. The van der Waals surface area contributed by atoms with Crippen molar-refractivity contribution in [2.24, 2.45) is 4.99 Å². The molecule has 1 aromatic carbocycles. The molecule has 0 spiro atoms. The molecular weight excluding hydrogens is 430 g/mol. The minimum Gasteiger partial charge on any atom is -0.463 e. The van der Waals surface area contributed by atoms with E-state index in [2.05, 4.69) is 9.98 Å². The molecule has 3 aromatic rings. The van der Waals surface area contributed by atoms with Gasteiger partial charge in [0.2, 0.25) is 0 Å². The number of esters is 1. The van der Waals surface area contributed by atoms with Gasteiger partial charge in [0, 0.05) is 17.3 Å². The van der Waals surface area contributed by atoms with Gasteiger partial charge in [0.25, 0.3) is 5.56 Å². The molecule has 0 N–H and O–H groups in total. The quantitative estimate of drug-likeness (QED) is 0.441. The molecule has 6 nitrogen and oxygen atoms in total. The van der Waals surface area contributed by atoms with Crippen molar-refractivity contribution >= 4 is 35.1 Å². The topological polar surface area (TPSA) is 73.6 Å². The molecular formula is C23H21N3O3S2. The molecule has 0 fully saturated rings. The Morgan fingerprint density at radius 1 is 1.29 bits per heavy atom. The molecule has 4 rings (SSSR count). The van der Waals surface area contributed by atoms with E-state index in [1.54, 1.807) is 48.6 Å². The van der Waals surface area contributed by atoms with E-state index in [-0.39, 0.29) is 12.2 Å². The van der Waals surface area contributed by atoms with Crippen LogP contribution in [0.3, 0.4) is 0 Å². The number of pyridine rings is 1. The maximum absolute atomic E-state index is 13.4. The van der Waals surface area contributed by atoms with Crippen molar-refractivity contribution in [3.63, 3.8) is 0 Å². The number of rotatable bonds is 5. The van der Waals surface area contributed by atoms with Gasteiger partial charge in [-0.15, -0.1) is 11.8 Å². The summed E-state index contributed by atoms with van der Waals surface area (Å²) in [6.07, 6.45) is 7.19. The highest BCUT2D eigenvalue weighted by Gasteiger charge is 2.33. The smallest absolute Gasteiger partial charge is 0.338 e. The number of thiazole rings is 1. The zero-order chi connectivity index (χ0) is 22.0. The summed E-state index contributed by atoms with van der Waals surface area (Å²) in [4.78, 5) is 36.7. The Hall–Kier alpha value is -2.97. The molecule has 0 unspecified atom stereocenters. The first kappa shape index (κ1) is 21.3. The molecule has 0 amide bonds. The third-order valence-corrected chi connectivity index (χ3v) is 6.66. The van der Waals surface area contributed by atoms with E-state index in [0.717, 1.165) is 16.0 Å². The number of carbonyl (C=O) groups excluding carboxylic acids is 1. The van der Waals surface area contributed by atoms with Gasteiger partial charge >= 0.3 is 5.97 Å². The Labute approximate surface area is 187 Å². The summed E-state index contributed by atoms with van der Waals surface area (Å²) in [7, 11) is 0. The maximum Gasteiger partial charge on any atom is 0.338 e. The van der Waals surface area contributed by atoms with Crippen LogP contribution in [0.25, 0.3) is 6.08 Å². The van der Waals surface area contributed by atoms with Crippen LogP contribution in [0, 0.1) is 0 Å². The van der Waals surface area contributed by atoms with Gasteiger partial charge in [-0.25, -0.2) is 9.79 Å². The molecule has 0 aliphatic carbocycles. The second-order valence-corrected chi connectivity index (χ2v) is 8.75. The first-order chi connectivity index (χ1) is 15.0. The Balaban J connectivity index is 1.95. The Morgan fingerprint density at radius 3 is 2.71 bits per heavy atom. The summed E-state index contributed by atoms with van der Waals surface area (Å²) < 4.78 is 7.45. The van der Waals surface area contributed by atoms with Gasteiger partial charge in [-0.2, -0.15) is 0 Å². The Kier molecular flexibility index (Phi) is 6.20. The largest absolute Gasteiger partial charge is 0.463 e. The van der Waals surface area contributed by atoms with Crippen molar-refractivity contribution in [2.75, 3.05) is 12.9 Å². The maximum atomic E-state index is 13.4. The van der Waals surface area contributed by atoms with Crippen LogP contribution in [0.2, 0.25) is 0 Å². The number of nitrogens with zero attached hydrogens (tertiary/aromatic N) is 3. The fourth-order valence-corrected chi connectivity index (χ4v) is 4.96. The molecule has 31 heavy (non-hydrogen) atoms. The van der Waals surface area contributed by atoms with Gasteiger partial charge in [-0.3, -0.25) is 14.3 Å². The summed E-state index contributed by atoms with van der Waals surface area (Å²) in [6, 6.07) is 11.0. The van der Waals surface area contributed by atoms with Crippen molar-refractivity contribution < 1.29 is 9.53 Å². The normalized spacial score (nSPS) is 16.1. The molecule has 1 aliphatic heterocycles. The number of hydrogen-bond donors (Lipinski definition) is 0. The molecule has 3 heterocycles. The third-order valence-electron chi connectivity index (χ3n) is 4.93. The van der Waals surface area contributed by atoms with Crippen molar-refractivity contribution in [1.82, 2.24) is 9.55 Å². The van der Waals surface area contributed by atoms with Crippen LogP contribution in [0.1, 0.15) is 31.0 Å². The SMILES string of the molecule is CCOC(=O)C1=C(C)N=c2sc(=Cc3cccnc3)c(=O)n2[C@@H]1c1ccc(SC)cc1. The van der Waals surface area contributed by atoms with E-state index in [1.807, 2.05) is 42.7 Å². The van der Waals surface area contributed by atoms with E-state index >= 15 is 0 Å². The van der Waals surface area contributed by atoms with Crippen LogP contribution in [0.4, 0.5) is 0 Å². The zero-order valence-corrected chi connectivity index (χ0v) is 19.0. The van der Waals surface area contributed by atoms with E-state index in [1.165, 1.54) is 11.3 Å². The fourth-order valence-electron chi connectivity index (χ4n) is 3.51. The predicted octanol–water partition coefficient (Wildman–Crippen LogP) is 2.92. The first-order valence-electron chi connectivity index (χ1n) is 9.77. The molecule has 0 saturated carbocycles. The monoisotopic (exact) mass is 451 g/mol. The van der Waals surface area contributed by atoms with Crippen LogP contribution in [-0.4, -0.2) is 28.4 Å². The Bertz CT molecular complexity index is 1320.